The fourth-order valence-corrected chi connectivity index (χ4v) is 5.68. The third kappa shape index (κ3) is 5.12. The quantitative estimate of drug-likeness (QED) is 0.240. The lowest BCUT2D eigenvalue weighted by atomic mass is 10.0. The number of hydrogen-bond acceptors (Lipinski definition) is 5. The molecule has 192 valence electrons. The summed E-state index contributed by atoms with van der Waals surface area (Å²) in [7, 11) is -2.38. The van der Waals surface area contributed by atoms with Gasteiger partial charge in [-0.1, -0.05) is 36.4 Å². The zero-order chi connectivity index (χ0) is 26.7. The molecule has 7 nitrogen and oxygen atoms in total. The average Bonchev–Trinajstić information content (AvgIpc) is 3.32. The molecule has 1 aromatic heterocycles. The van der Waals surface area contributed by atoms with E-state index in [0.717, 1.165) is 11.1 Å². The molecule has 5 rings (SSSR count). The van der Waals surface area contributed by atoms with Crippen LogP contribution in [-0.4, -0.2) is 30.6 Å². The van der Waals surface area contributed by atoms with E-state index in [-0.39, 0.29) is 17.7 Å². The number of benzene rings is 4. The van der Waals surface area contributed by atoms with E-state index >= 15 is 0 Å². The van der Waals surface area contributed by atoms with Crippen LogP contribution in [0.1, 0.15) is 12.0 Å². The minimum Gasteiger partial charge on any atom is -0.497 e. The highest BCUT2D eigenvalue weighted by atomic mass is 32.2. The Kier molecular flexibility index (Phi) is 6.89. The van der Waals surface area contributed by atoms with Crippen molar-refractivity contribution >= 4 is 26.9 Å². The molecular weight excluding hydrogens is 502 g/mol. The van der Waals surface area contributed by atoms with Gasteiger partial charge in [-0.05, 0) is 83.8 Å². The summed E-state index contributed by atoms with van der Waals surface area (Å²) in [6.45, 7) is 0. The first-order valence-corrected chi connectivity index (χ1v) is 13.4. The molecule has 0 saturated heterocycles. The topological polar surface area (TPSA) is 94.8 Å². The second-order valence-electron chi connectivity index (χ2n) is 8.70. The van der Waals surface area contributed by atoms with Crippen molar-refractivity contribution in [3.05, 3.63) is 109 Å². The van der Waals surface area contributed by atoms with Gasteiger partial charge in [0.25, 0.3) is 10.0 Å². The Morgan fingerprint density at radius 2 is 1.45 bits per heavy atom. The molecule has 0 radical (unpaired) electrons. The summed E-state index contributed by atoms with van der Waals surface area (Å²) in [6, 6.07) is 28.6. The third-order valence-electron chi connectivity index (χ3n) is 6.24. The summed E-state index contributed by atoms with van der Waals surface area (Å²) in [5.74, 6) is 0.841. The van der Waals surface area contributed by atoms with Crippen LogP contribution in [0.4, 0.5) is 0 Å². The van der Waals surface area contributed by atoms with Crippen LogP contribution >= 0.6 is 0 Å². The molecule has 0 spiro atoms. The highest BCUT2D eigenvalue weighted by Crippen LogP contribution is 2.32. The highest BCUT2D eigenvalue weighted by molar-refractivity contribution is 7.90. The predicted octanol–water partition coefficient (Wildman–Crippen LogP) is 6.36. The van der Waals surface area contributed by atoms with E-state index in [0.29, 0.717) is 33.7 Å². The van der Waals surface area contributed by atoms with E-state index in [9.17, 15) is 18.3 Å². The van der Waals surface area contributed by atoms with Crippen molar-refractivity contribution in [2.45, 2.75) is 17.7 Å². The number of ether oxygens (including phenoxy) is 2. The van der Waals surface area contributed by atoms with Crippen molar-refractivity contribution in [1.29, 1.82) is 0 Å². The van der Waals surface area contributed by atoms with Gasteiger partial charge in [-0.2, -0.15) is 0 Å². The molecule has 1 heterocycles. The van der Waals surface area contributed by atoms with Crippen LogP contribution in [0.2, 0.25) is 0 Å². The van der Waals surface area contributed by atoms with Crippen molar-refractivity contribution in [3.8, 4) is 28.4 Å². The van der Waals surface area contributed by atoms with Crippen LogP contribution in [0.5, 0.6) is 17.2 Å². The van der Waals surface area contributed by atoms with E-state index < -0.39 is 16.0 Å². The molecule has 0 bridgehead atoms. The number of aryl methyl sites for hydroxylation is 1. The molecule has 1 N–H and O–H groups in total. The van der Waals surface area contributed by atoms with Crippen LogP contribution in [0, 0.1) is 0 Å². The van der Waals surface area contributed by atoms with E-state index in [2.05, 4.69) is 0 Å². The van der Waals surface area contributed by atoms with E-state index in [1.165, 1.54) is 22.3 Å². The molecule has 4 aromatic carbocycles. The Hall–Kier alpha value is -4.56. The van der Waals surface area contributed by atoms with Gasteiger partial charge in [0.05, 0.1) is 17.5 Å². The predicted molar refractivity (Wildman–Crippen MR) is 145 cm³/mol. The van der Waals surface area contributed by atoms with Gasteiger partial charge in [-0.15, -0.1) is 0 Å². The normalized spacial score (nSPS) is 11.4. The number of nitrogens with zero attached hydrogens (tertiary/aromatic N) is 1. The molecule has 0 atom stereocenters. The minimum absolute atomic E-state index is 0.0911. The fraction of sp³-hybridized carbons (Fsp3) is 0.100. The van der Waals surface area contributed by atoms with E-state index in [1.807, 2.05) is 42.5 Å². The monoisotopic (exact) mass is 527 g/mol. The van der Waals surface area contributed by atoms with Crippen molar-refractivity contribution in [3.63, 3.8) is 0 Å². The van der Waals surface area contributed by atoms with E-state index in [1.54, 1.807) is 49.6 Å². The van der Waals surface area contributed by atoms with Gasteiger partial charge < -0.3 is 14.6 Å². The maximum Gasteiger partial charge on any atom is 0.303 e. The van der Waals surface area contributed by atoms with Crippen molar-refractivity contribution in [2.24, 2.45) is 0 Å². The van der Waals surface area contributed by atoms with Crippen molar-refractivity contribution < 1.29 is 27.8 Å². The zero-order valence-electron chi connectivity index (χ0n) is 20.6. The Bertz CT molecular complexity index is 1690. The van der Waals surface area contributed by atoms with Gasteiger partial charge in [0.15, 0.2) is 0 Å². The number of rotatable bonds is 9. The molecule has 5 aromatic rings. The zero-order valence-corrected chi connectivity index (χ0v) is 21.4. The van der Waals surface area contributed by atoms with Gasteiger partial charge in [-0.25, -0.2) is 12.4 Å². The summed E-state index contributed by atoms with van der Waals surface area (Å²) in [6.07, 6.45) is 1.63. The van der Waals surface area contributed by atoms with Gasteiger partial charge in [0.2, 0.25) is 0 Å². The summed E-state index contributed by atoms with van der Waals surface area (Å²) >= 11 is 0. The fourth-order valence-electron chi connectivity index (χ4n) is 4.29. The number of carboxylic acid groups (broad SMARTS) is 1. The first-order chi connectivity index (χ1) is 18.3. The minimum atomic E-state index is -3.96. The molecule has 0 amide bonds. The lowest BCUT2D eigenvalue weighted by molar-refractivity contribution is -0.136. The molecule has 0 aliphatic heterocycles. The molecule has 0 aliphatic rings. The van der Waals surface area contributed by atoms with Gasteiger partial charge in [0, 0.05) is 18.0 Å². The van der Waals surface area contributed by atoms with Crippen LogP contribution in [0.15, 0.2) is 108 Å². The van der Waals surface area contributed by atoms with Crippen molar-refractivity contribution in [1.82, 2.24) is 3.97 Å². The average molecular weight is 528 g/mol. The second kappa shape index (κ2) is 10.4. The van der Waals surface area contributed by atoms with Crippen LogP contribution < -0.4 is 9.47 Å². The molecule has 0 saturated carbocycles. The number of carbonyl (C=O) groups is 1. The maximum atomic E-state index is 13.7. The first kappa shape index (κ1) is 25.1. The number of carboxylic acids is 1. The second-order valence-corrected chi connectivity index (χ2v) is 10.5. The molecule has 0 aliphatic carbocycles. The summed E-state index contributed by atoms with van der Waals surface area (Å²) in [5, 5.41) is 9.94. The molecule has 38 heavy (non-hydrogen) atoms. The van der Waals surface area contributed by atoms with Crippen LogP contribution in [-0.2, 0) is 21.2 Å². The largest absolute Gasteiger partial charge is 0.497 e. The highest BCUT2D eigenvalue weighted by Gasteiger charge is 2.22. The van der Waals surface area contributed by atoms with Crippen molar-refractivity contribution in [2.75, 3.05) is 7.11 Å². The van der Waals surface area contributed by atoms with Crippen LogP contribution in [0.25, 0.3) is 22.0 Å². The summed E-state index contributed by atoms with van der Waals surface area (Å²) in [5.41, 5.74) is 3.05. The first-order valence-electron chi connectivity index (χ1n) is 11.9. The molecular formula is C30H25NO6S. The Labute approximate surface area is 220 Å². The summed E-state index contributed by atoms with van der Waals surface area (Å²) in [4.78, 5) is 11.4. The molecule has 8 heteroatoms. The lowest BCUT2D eigenvalue weighted by Crippen LogP contribution is -2.11. The SMILES string of the molecule is COc1ccc(Oc2ccc(S(=O)(=O)n3cc(CCC(=O)O)c4cc(-c5ccccc5)ccc43)cc2)cc1. The molecule has 0 unspecified atom stereocenters. The maximum absolute atomic E-state index is 13.7. The number of fused-ring (bicyclic) bond motifs is 1. The third-order valence-corrected chi connectivity index (χ3v) is 7.93. The van der Waals surface area contributed by atoms with Crippen LogP contribution in [0.3, 0.4) is 0 Å². The lowest BCUT2D eigenvalue weighted by Gasteiger charge is -2.10. The summed E-state index contributed by atoms with van der Waals surface area (Å²) < 4.78 is 39.6. The number of hydrogen-bond donors (Lipinski definition) is 1. The number of aliphatic carboxylic acids is 1. The Balaban J connectivity index is 1.50. The molecule has 0 fully saturated rings. The Morgan fingerprint density at radius 3 is 2.08 bits per heavy atom. The number of aromatic nitrogens is 1. The van der Waals surface area contributed by atoms with Gasteiger partial charge >= 0.3 is 5.97 Å². The Morgan fingerprint density at radius 1 is 0.816 bits per heavy atom. The van der Waals surface area contributed by atoms with E-state index in [4.69, 9.17) is 9.47 Å². The standard InChI is InChI=1S/C30H25NO6S/c1-36-24-9-11-25(12-10-24)37-26-13-15-27(16-14-26)38(34,35)31-20-23(8-18-30(32)33)28-19-22(7-17-29(28)31)21-5-3-2-4-6-21/h2-7,9-17,19-20H,8,18H2,1H3,(H,32,33). The van der Waals surface area contributed by atoms with Gasteiger partial charge in [-0.3, -0.25) is 4.79 Å². The smallest absolute Gasteiger partial charge is 0.303 e. The van der Waals surface area contributed by atoms with Gasteiger partial charge in [0.1, 0.15) is 17.2 Å². The number of methoxy groups -OCH3 is 1.